The fourth-order valence-corrected chi connectivity index (χ4v) is 3.52. The van der Waals surface area contributed by atoms with Gasteiger partial charge in [0, 0.05) is 25.7 Å². The molecule has 0 bridgehead atoms. The number of carbonyl (C=O) groups is 1. The minimum Gasteiger partial charge on any atom is -0.468 e. The number of fused-ring (bicyclic) bond motifs is 1. The Morgan fingerprint density at radius 1 is 1.57 bits per heavy atom. The maximum Gasteiger partial charge on any atom is 0.230 e. The second-order valence-corrected chi connectivity index (χ2v) is 6.47. The van der Waals surface area contributed by atoms with Crippen LogP contribution in [0.5, 0.6) is 0 Å². The standard InChI is InChI=1S/C16H24N2O3/c1-12(2)17-15(19)16-6-9-21-14(16)5-7-18(11-16)10-13-4-3-8-20-13/h3-4,8,12,14H,5-7,9-11H2,1-2H3,(H,17,19)/t14-,16-/m0/s1. The van der Waals surface area contributed by atoms with Crippen LogP contribution >= 0.6 is 0 Å². The van der Waals surface area contributed by atoms with E-state index in [0.29, 0.717) is 6.61 Å². The van der Waals surface area contributed by atoms with Crippen molar-refractivity contribution in [3.8, 4) is 0 Å². The van der Waals surface area contributed by atoms with Crippen LogP contribution in [-0.4, -0.2) is 42.6 Å². The molecule has 1 N–H and O–H groups in total. The largest absolute Gasteiger partial charge is 0.468 e. The fourth-order valence-electron chi connectivity index (χ4n) is 3.52. The van der Waals surface area contributed by atoms with E-state index in [9.17, 15) is 4.79 Å². The summed E-state index contributed by atoms with van der Waals surface area (Å²) in [5, 5.41) is 3.09. The summed E-state index contributed by atoms with van der Waals surface area (Å²) in [6.07, 6.45) is 3.48. The minimum atomic E-state index is -0.394. The zero-order chi connectivity index (χ0) is 14.9. The van der Waals surface area contributed by atoms with Gasteiger partial charge in [-0.3, -0.25) is 9.69 Å². The van der Waals surface area contributed by atoms with Crippen molar-refractivity contribution in [1.29, 1.82) is 0 Å². The molecule has 21 heavy (non-hydrogen) atoms. The lowest BCUT2D eigenvalue weighted by molar-refractivity contribution is -0.140. The molecule has 2 aliphatic rings. The number of ether oxygens (including phenoxy) is 1. The number of carbonyl (C=O) groups excluding carboxylic acids is 1. The van der Waals surface area contributed by atoms with Crippen LogP contribution in [0.4, 0.5) is 0 Å². The summed E-state index contributed by atoms with van der Waals surface area (Å²) < 4.78 is 11.3. The molecule has 3 rings (SSSR count). The molecule has 5 nitrogen and oxygen atoms in total. The summed E-state index contributed by atoms with van der Waals surface area (Å²) in [6.45, 7) is 7.14. The molecule has 0 radical (unpaired) electrons. The average Bonchev–Trinajstić information content (AvgIpc) is 3.07. The van der Waals surface area contributed by atoms with Crippen LogP contribution in [0, 0.1) is 5.41 Å². The third kappa shape index (κ3) is 2.85. The Hall–Kier alpha value is -1.33. The number of nitrogens with zero attached hydrogens (tertiary/aromatic N) is 1. The molecule has 0 aliphatic carbocycles. The fraction of sp³-hybridized carbons (Fsp3) is 0.688. The lowest BCUT2D eigenvalue weighted by atomic mass is 9.75. The normalized spacial score (nSPS) is 29.6. The average molecular weight is 292 g/mol. The van der Waals surface area contributed by atoms with E-state index in [-0.39, 0.29) is 18.1 Å². The summed E-state index contributed by atoms with van der Waals surface area (Å²) in [5.74, 6) is 1.09. The van der Waals surface area contributed by atoms with Crippen LogP contribution < -0.4 is 5.32 Å². The van der Waals surface area contributed by atoms with Gasteiger partial charge in [-0.25, -0.2) is 0 Å². The van der Waals surface area contributed by atoms with Gasteiger partial charge in [0.1, 0.15) is 5.76 Å². The Labute approximate surface area is 125 Å². The van der Waals surface area contributed by atoms with E-state index >= 15 is 0 Å². The Kier molecular flexibility index (Phi) is 4.04. The number of rotatable bonds is 4. The first-order valence-electron chi connectivity index (χ1n) is 7.77. The highest BCUT2D eigenvalue weighted by atomic mass is 16.5. The van der Waals surface area contributed by atoms with Crippen molar-refractivity contribution in [3.63, 3.8) is 0 Å². The van der Waals surface area contributed by atoms with Crippen molar-refractivity contribution < 1.29 is 13.9 Å². The molecule has 5 heteroatoms. The molecule has 0 aromatic carbocycles. The Bertz CT molecular complexity index is 486. The highest BCUT2D eigenvalue weighted by Gasteiger charge is 2.53. The zero-order valence-corrected chi connectivity index (χ0v) is 12.8. The van der Waals surface area contributed by atoms with Crippen molar-refractivity contribution in [2.24, 2.45) is 5.41 Å². The first kappa shape index (κ1) is 14.6. The summed E-state index contributed by atoms with van der Waals surface area (Å²) in [6, 6.07) is 4.05. The van der Waals surface area contributed by atoms with Gasteiger partial charge in [0.15, 0.2) is 0 Å². The van der Waals surface area contributed by atoms with Crippen LogP contribution in [-0.2, 0) is 16.1 Å². The number of amides is 1. The van der Waals surface area contributed by atoms with E-state index in [0.717, 1.165) is 38.2 Å². The van der Waals surface area contributed by atoms with Crippen molar-refractivity contribution in [3.05, 3.63) is 24.2 Å². The number of hydrogen-bond donors (Lipinski definition) is 1. The lowest BCUT2D eigenvalue weighted by Crippen LogP contribution is -2.57. The van der Waals surface area contributed by atoms with Crippen molar-refractivity contribution in [1.82, 2.24) is 10.2 Å². The summed E-state index contributed by atoms with van der Waals surface area (Å²) in [5.41, 5.74) is -0.394. The zero-order valence-electron chi connectivity index (χ0n) is 12.8. The quantitative estimate of drug-likeness (QED) is 0.919. The van der Waals surface area contributed by atoms with Crippen LogP contribution in [0.25, 0.3) is 0 Å². The van der Waals surface area contributed by atoms with Gasteiger partial charge in [-0.1, -0.05) is 0 Å². The predicted molar refractivity (Wildman–Crippen MR) is 78.7 cm³/mol. The van der Waals surface area contributed by atoms with E-state index in [1.807, 2.05) is 26.0 Å². The highest BCUT2D eigenvalue weighted by Crippen LogP contribution is 2.41. The van der Waals surface area contributed by atoms with Crippen LogP contribution in [0.15, 0.2) is 22.8 Å². The van der Waals surface area contributed by atoms with Gasteiger partial charge in [-0.05, 0) is 38.8 Å². The Morgan fingerprint density at radius 2 is 2.43 bits per heavy atom. The first-order valence-corrected chi connectivity index (χ1v) is 7.77. The number of nitrogens with one attached hydrogen (secondary N) is 1. The van der Waals surface area contributed by atoms with Gasteiger partial charge in [-0.2, -0.15) is 0 Å². The second kappa shape index (κ2) is 5.81. The van der Waals surface area contributed by atoms with E-state index in [1.165, 1.54) is 0 Å². The van der Waals surface area contributed by atoms with Crippen LogP contribution in [0.3, 0.4) is 0 Å². The summed E-state index contributed by atoms with van der Waals surface area (Å²) in [4.78, 5) is 15.0. The van der Waals surface area contributed by atoms with Crippen LogP contribution in [0.2, 0.25) is 0 Å². The molecule has 2 saturated heterocycles. The van der Waals surface area contributed by atoms with Crippen LogP contribution in [0.1, 0.15) is 32.4 Å². The molecule has 1 aromatic rings. The molecule has 0 spiro atoms. The molecule has 0 unspecified atom stereocenters. The van der Waals surface area contributed by atoms with Crippen molar-refractivity contribution in [2.45, 2.75) is 45.4 Å². The summed E-state index contributed by atoms with van der Waals surface area (Å²) >= 11 is 0. The molecule has 2 atom stereocenters. The van der Waals surface area contributed by atoms with E-state index in [4.69, 9.17) is 9.15 Å². The third-order valence-electron chi connectivity index (χ3n) is 4.53. The molecular weight excluding hydrogens is 268 g/mol. The third-order valence-corrected chi connectivity index (χ3v) is 4.53. The molecule has 2 fully saturated rings. The van der Waals surface area contributed by atoms with Gasteiger partial charge in [0.05, 0.1) is 24.3 Å². The number of hydrogen-bond acceptors (Lipinski definition) is 4. The van der Waals surface area contributed by atoms with Gasteiger partial charge < -0.3 is 14.5 Å². The monoisotopic (exact) mass is 292 g/mol. The minimum absolute atomic E-state index is 0.0594. The van der Waals surface area contributed by atoms with E-state index in [1.54, 1.807) is 6.26 Å². The predicted octanol–water partition coefficient (Wildman–Crippen LogP) is 1.79. The Balaban J connectivity index is 1.74. The van der Waals surface area contributed by atoms with Crippen molar-refractivity contribution >= 4 is 5.91 Å². The molecule has 2 aliphatic heterocycles. The topological polar surface area (TPSA) is 54.7 Å². The number of furan rings is 1. The molecule has 0 saturated carbocycles. The molecule has 1 aromatic heterocycles. The highest BCUT2D eigenvalue weighted by molar-refractivity contribution is 5.84. The SMILES string of the molecule is CC(C)NC(=O)[C@]12CCO[C@H]1CCN(Cc1ccco1)C2. The first-order chi connectivity index (χ1) is 10.1. The smallest absolute Gasteiger partial charge is 0.230 e. The van der Waals surface area contributed by atoms with Gasteiger partial charge >= 0.3 is 0 Å². The molecule has 3 heterocycles. The van der Waals surface area contributed by atoms with Gasteiger partial charge in [-0.15, -0.1) is 0 Å². The Morgan fingerprint density at radius 3 is 3.14 bits per heavy atom. The molecule has 1 amide bonds. The lowest BCUT2D eigenvalue weighted by Gasteiger charge is -2.42. The maximum atomic E-state index is 12.7. The van der Waals surface area contributed by atoms with E-state index in [2.05, 4.69) is 10.2 Å². The second-order valence-electron chi connectivity index (χ2n) is 6.47. The molecular formula is C16H24N2O3. The maximum absolute atomic E-state index is 12.7. The van der Waals surface area contributed by atoms with Crippen molar-refractivity contribution in [2.75, 3.05) is 19.7 Å². The van der Waals surface area contributed by atoms with Gasteiger partial charge in [0.2, 0.25) is 5.91 Å². The number of likely N-dealkylation sites (tertiary alicyclic amines) is 1. The molecule has 116 valence electrons. The van der Waals surface area contributed by atoms with Gasteiger partial charge in [0.25, 0.3) is 0 Å². The number of piperidine rings is 1. The van der Waals surface area contributed by atoms with E-state index < -0.39 is 5.41 Å². The summed E-state index contributed by atoms with van der Waals surface area (Å²) in [7, 11) is 0.